The SMILES string of the molecule is CCN1CCc2c(sc3c2C(=O)NC(c2cc(I)cc(C)c2O)N3)C1. The maximum Gasteiger partial charge on any atom is 0.256 e. The molecule has 1 aromatic heterocycles. The Kier molecular flexibility index (Phi) is 4.41. The summed E-state index contributed by atoms with van der Waals surface area (Å²) in [4.78, 5) is 16.5. The summed E-state index contributed by atoms with van der Waals surface area (Å²) in [6.45, 7) is 6.98. The summed E-state index contributed by atoms with van der Waals surface area (Å²) in [7, 11) is 0. The lowest BCUT2D eigenvalue weighted by molar-refractivity contribution is 0.0934. The van der Waals surface area contributed by atoms with Crippen molar-refractivity contribution in [1.82, 2.24) is 10.2 Å². The number of carbonyl (C=O) groups is 1. The quantitative estimate of drug-likeness (QED) is 0.589. The predicted molar refractivity (Wildman–Crippen MR) is 108 cm³/mol. The molecule has 1 unspecified atom stereocenters. The summed E-state index contributed by atoms with van der Waals surface area (Å²) < 4.78 is 1.04. The number of phenolic OH excluding ortho intramolecular Hbond substituents is 1. The second-order valence-electron chi connectivity index (χ2n) is 6.54. The van der Waals surface area contributed by atoms with Crippen LogP contribution in [0.3, 0.4) is 0 Å². The van der Waals surface area contributed by atoms with Crippen molar-refractivity contribution in [3.8, 4) is 5.75 Å². The molecule has 0 spiro atoms. The van der Waals surface area contributed by atoms with Gasteiger partial charge in [-0.25, -0.2) is 0 Å². The molecule has 1 aromatic carbocycles. The first kappa shape index (κ1) is 17.1. The van der Waals surface area contributed by atoms with Crippen LogP contribution >= 0.6 is 33.9 Å². The van der Waals surface area contributed by atoms with Gasteiger partial charge in [0.25, 0.3) is 5.91 Å². The highest BCUT2D eigenvalue weighted by molar-refractivity contribution is 14.1. The van der Waals surface area contributed by atoms with Crippen LogP contribution in [0.25, 0.3) is 0 Å². The molecule has 3 N–H and O–H groups in total. The summed E-state index contributed by atoms with van der Waals surface area (Å²) in [6.07, 6.45) is 0.512. The molecule has 0 aliphatic carbocycles. The number of hydrogen-bond acceptors (Lipinski definition) is 5. The minimum absolute atomic E-state index is 0.0443. The zero-order valence-corrected chi connectivity index (χ0v) is 17.1. The molecular weight excluding hydrogens is 449 g/mol. The number of benzene rings is 1. The number of hydrogen-bond donors (Lipinski definition) is 3. The molecule has 0 saturated carbocycles. The first-order valence-corrected chi connectivity index (χ1v) is 10.3. The minimum atomic E-state index is -0.407. The third-order valence-corrected chi connectivity index (χ3v) is 6.74. The van der Waals surface area contributed by atoms with Crippen molar-refractivity contribution in [3.05, 3.63) is 42.8 Å². The summed E-state index contributed by atoms with van der Waals surface area (Å²) in [6, 6.07) is 3.84. The van der Waals surface area contributed by atoms with Crippen molar-refractivity contribution in [1.29, 1.82) is 0 Å². The van der Waals surface area contributed by atoms with Gasteiger partial charge in [0, 0.05) is 27.1 Å². The Bertz CT molecular complexity index is 864. The van der Waals surface area contributed by atoms with Gasteiger partial charge in [-0.15, -0.1) is 11.3 Å². The summed E-state index contributed by atoms with van der Waals surface area (Å²) in [5.74, 6) is 0.192. The lowest BCUT2D eigenvalue weighted by Crippen LogP contribution is -2.39. The van der Waals surface area contributed by atoms with Crippen molar-refractivity contribution in [2.75, 3.05) is 18.4 Å². The molecule has 132 valence electrons. The number of aromatic hydroxyl groups is 1. The maximum absolute atomic E-state index is 12.8. The van der Waals surface area contributed by atoms with E-state index in [1.54, 1.807) is 11.3 Å². The molecule has 25 heavy (non-hydrogen) atoms. The number of carbonyl (C=O) groups excluding carboxylic acids is 1. The Hall–Kier alpha value is -1.32. The molecule has 0 bridgehead atoms. The zero-order chi connectivity index (χ0) is 17.7. The van der Waals surface area contributed by atoms with Crippen LogP contribution in [0.15, 0.2) is 12.1 Å². The lowest BCUT2D eigenvalue weighted by Gasteiger charge is -2.28. The van der Waals surface area contributed by atoms with Gasteiger partial charge in [0.1, 0.15) is 16.9 Å². The van der Waals surface area contributed by atoms with Crippen LogP contribution < -0.4 is 10.6 Å². The van der Waals surface area contributed by atoms with Crippen molar-refractivity contribution in [2.45, 2.75) is 33.0 Å². The maximum atomic E-state index is 12.8. The van der Waals surface area contributed by atoms with E-state index in [2.05, 4.69) is 45.0 Å². The Morgan fingerprint density at radius 1 is 1.40 bits per heavy atom. The molecule has 4 rings (SSSR count). The number of phenols is 1. The monoisotopic (exact) mass is 469 g/mol. The smallest absolute Gasteiger partial charge is 0.256 e. The fraction of sp³-hybridized carbons (Fsp3) is 0.389. The number of aryl methyl sites for hydroxylation is 1. The summed E-state index contributed by atoms with van der Waals surface area (Å²) >= 11 is 3.91. The number of anilines is 1. The van der Waals surface area contributed by atoms with Crippen molar-refractivity contribution >= 4 is 44.8 Å². The molecule has 1 atom stereocenters. The topological polar surface area (TPSA) is 64.6 Å². The van der Waals surface area contributed by atoms with Crippen LogP contribution in [0.4, 0.5) is 5.00 Å². The van der Waals surface area contributed by atoms with Gasteiger partial charge in [0.15, 0.2) is 0 Å². The van der Waals surface area contributed by atoms with Crippen molar-refractivity contribution in [3.63, 3.8) is 0 Å². The molecule has 7 heteroatoms. The molecule has 2 aliphatic rings. The normalized spacial score (nSPS) is 19.8. The molecular formula is C18H20IN3O2S. The fourth-order valence-corrected chi connectivity index (χ4v) is 5.69. The van der Waals surface area contributed by atoms with Gasteiger partial charge in [-0.1, -0.05) is 6.92 Å². The van der Waals surface area contributed by atoms with Crippen LogP contribution in [-0.4, -0.2) is 29.0 Å². The largest absolute Gasteiger partial charge is 0.507 e. The molecule has 0 saturated heterocycles. The Morgan fingerprint density at radius 3 is 2.96 bits per heavy atom. The van der Waals surface area contributed by atoms with Crippen LogP contribution in [0.5, 0.6) is 5.75 Å². The highest BCUT2D eigenvalue weighted by Gasteiger charge is 2.34. The second-order valence-corrected chi connectivity index (χ2v) is 8.89. The fourth-order valence-electron chi connectivity index (χ4n) is 3.58. The Labute approximate surface area is 164 Å². The highest BCUT2D eigenvalue weighted by atomic mass is 127. The van der Waals surface area contributed by atoms with Gasteiger partial charge in [0.2, 0.25) is 0 Å². The Morgan fingerprint density at radius 2 is 2.20 bits per heavy atom. The second kappa shape index (κ2) is 6.44. The first-order chi connectivity index (χ1) is 12.0. The van der Waals surface area contributed by atoms with Gasteiger partial charge in [-0.2, -0.15) is 0 Å². The van der Waals surface area contributed by atoms with Gasteiger partial charge in [-0.05, 0) is 65.7 Å². The van der Waals surface area contributed by atoms with E-state index in [9.17, 15) is 9.90 Å². The molecule has 5 nitrogen and oxygen atoms in total. The van der Waals surface area contributed by atoms with E-state index < -0.39 is 6.17 Å². The van der Waals surface area contributed by atoms with E-state index in [-0.39, 0.29) is 11.7 Å². The van der Waals surface area contributed by atoms with E-state index in [0.717, 1.165) is 45.8 Å². The van der Waals surface area contributed by atoms with Gasteiger partial charge < -0.3 is 15.7 Å². The number of likely N-dealkylation sites (N-methyl/N-ethyl adjacent to an activating group) is 1. The highest BCUT2D eigenvalue weighted by Crippen LogP contribution is 2.42. The number of amides is 1. The number of thiophene rings is 1. The zero-order valence-electron chi connectivity index (χ0n) is 14.1. The van der Waals surface area contributed by atoms with Crippen LogP contribution in [-0.2, 0) is 13.0 Å². The number of fused-ring (bicyclic) bond motifs is 3. The molecule has 0 fully saturated rings. The average molecular weight is 469 g/mol. The van der Waals surface area contributed by atoms with Gasteiger partial charge >= 0.3 is 0 Å². The third-order valence-electron chi connectivity index (χ3n) is 4.97. The standard InChI is InChI=1S/C18H20IN3O2S/c1-3-22-5-4-11-13(8-22)25-18-14(11)17(24)20-16(21-18)12-7-10(19)6-9(2)15(12)23/h6-7,16,21,23H,3-5,8H2,1-2H3,(H,20,24). The minimum Gasteiger partial charge on any atom is -0.507 e. The summed E-state index contributed by atoms with van der Waals surface area (Å²) in [5, 5.41) is 17.8. The van der Waals surface area contributed by atoms with Gasteiger partial charge in [0.05, 0.1) is 5.56 Å². The van der Waals surface area contributed by atoms with Crippen LogP contribution in [0.2, 0.25) is 0 Å². The number of nitrogens with zero attached hydrogens (tertiary/aromatic N) is 1. The molecule has 3 heterocycles. The van der Waals surface area contributed by atoms with E-state index in [0.29, 0.717) is 5.56 Å². The molecule has 2 aromatic rings. The van der Waals surface area contributed by atoms with Crippen LogP contribution in [0.1, 0.15) is 45.0 Å². The lowest BCUT2D eigenvalue weighted by atomic mass is 9.99. The number of rotatable bonds is 2. The Balaban J connectivity index is 1.71. The number of halogens is 1. The number of nitrogens with one attached hydrogen (secondary N) is 2. The summed E-state index contributed by atoms with van der Waals surface area (Å²) in [5.41, 5.74) is 3.52. The predicted octanol–water partition coefficient (Wildman–Crippen LogP) is 3.60. The molecule has 1 amide bonds. The van der Waals surface area contributed by atoms with Crippen LogP contribution in [0, 0.1) is 10.5 Å². The average Bonchev–Trinajstić information content (AvgIpc) is 2.95. The van der Waals surface area contributed by atoms with E-state index in [4.69, 9.17) is 0 Å². The molecule has 0 radical (unpaired) electrons. The van der Waals surface area contributed by atoms with E-state index >= 15 is 0 Å². The van der Waals surface area contributed by atoms with Gasteiger partial charge in [-0.3, -0.25) is 9.69 Å². The van der Waals surface area contributed by atoms with Crippen molar-refractivity contribution < 1.29 is 9.90 Å². The van der Waals surface area contributed by atoms with E-state index in [1.807, 2.05) is 19.1 Å². The van der Waals surface area contributed by atoms with Crippen molar-refractivity contribution in [2.24, 2.45) is 0 Å². The first-order valence-electron chi connectivity index (χ1n) is 8.41. The molecule has 2 aliphatic heterocycles. The third kappa shape index (κ3) is 2.92. The van der Waals surface area contributed by atoms with E-state index in [1.165, 1.54) is 10.4 Å².